The number of carbonyl (C=O) groups excluding carboxylic acids is 1. The molecule has 1 aromatic rings. The van der Waals surface area contributed by atoms with Crippen LogP contribution in [0.4, 0.5) is 0 Å². The number of halogens is 2. The van der Waals surface area contributed by atoms with E-state index in [0.29, 0.717) is 0 Å². The van der Waals surface area contributed by atoms with Crippen molar-refractivity contribution in [2.45, 2.75) is 23.8 Å². The highest BCUT2D eigenvalue weighted by molar-refractivity contribution is 7.89. The average Bonchev–Trinajstić information content (AvgIpc) is 2.99. The van der Waals surface area contributed by atoms with Gasteiger partial charge in [-0.05, 0) is 25.1 Å². The van der Waals surface area contributed by atoms with Gasteiger partial charge in [-0.25, -0.2) is 13.1 Å². The molecular weight excluding hydrogens is 361 g/mol. The highest BCUT2D eigenvalue weighted by Gasteiger charge is 2.24. The fourth-order valence-corrected chi connectivity index (χ4v) is 4.63. The molecule has 0 spiro atoms. The van der Waals surface area contributed by atoms with Crippen LogP contribution in [-0.4, -0.2) is 51.9 Å². The molecule has 1 aromatic carbocycles. The van der Waals surface area contributed by atoms with Crippen molar-refractivity contribution in [3.05, 3.63) is 28.2 Å². The van der Waals surface area contributed by atoms with E-state index in [4.69, 9.17) is 23.2 Å². The number of amides is 1. The van der Waals surface area contributed by atoms with Gasteiger partial charge in [-0.1, -0.05) is 29.3 Å². The number of rotatable bonds is 6. The van der Waals surface area contributed by atoms with E-state index >= 15 is 0 Å². The third-order valence-corrected chi connectivity index (χ3v) is 6.21. The van der Waals surface area contributed by atoms with Gasteiger partial charge in [-0.15, -0.1) is 0 Å². The number of likely N-dealkylation sites (N-methyl/N-ethyl adjacent to an activating group) is 1. The summed E-state index contributed by atoms with van der Waals surface area (Å²) in [7, 11) is -2.12. The van der Waals surface area contributed by atoms with Crippen molar-refractivity contribution >= 4 is 39.1 Å². The summed E-state index contributed by atoms with van der Waals surface area (Å²) in [5, 5.41) is 3.28. The van der Waals surface area contributed by atoms with Gasteiger partial charge in [0.25, 0.3) is 0 Å². The summed E-state index contributed by atoms with van der Waals surface area (Å²) in [4.78, 5) is 13.6. The van der Waals surface area contributed by atoms with Crippen molar-refractivity contribution in [1.29, 1.82) is 0 Å². The van der Waals surface area contributed by atoms with E-state index in [1.165, 1.54) is 12.1 Å². The molecule has 0 aliphatic carbocycles. The van der Waals surface area contributed by atoms with E-state index in [9.17, 15) is 13.2 Å². The number of nitrogens with one attached hydrogen (secondary N) is 2. The minimum atomic E-state index is -3.86. The van der Waals surface area contributed by atoms with Crippen LogP contribution in [-0.2, 0) is 14.8 Å². The third-order valence-electron chi connectivity index (χ3n) is 3.79. The predicted molar refractivity (Wildman–Crippen MR) is 90.3 cm³/mol. The topological polar surface area (TPSA) is 78.5 Å². The molecule has 0 radical (unpaired) electrons. The van der Waals surface area contributed by atoms with Gasteiger partial charge in [-0.3, -0.25) is 4.79 Å². The van der Waals surface area contributed by atoms with Gasteiger partial charge in [0.15, 0.2) is 0 Å². The Morgan fingerprint density at radius 1 is 1.39 bits per heavy atom. The van der Waals surface area contributed by atoms with Crippen LogP contribution in [0.15, 0.2) is 23.1 Å². The average molecular weight is 380 g/mol. The Hall–Kier alpha value is -0.860. The fourth-order valence-electron chi connectivity index (χ4n) is 2.45. The zero-order chi connectivity index (χ0) is 17.0. The molecule has 2 N–H and O–H groups in total. The summed E-state index contributed by atoms with van der Waals surface area (Å²) in [5.74, 6) is -0.105. The Morgan fingerprint density at radius 2 is 2.04 bits per heavy atom. The van der Waals surface area contributed by atoms with Crippen molar-refractivity contribution < 1.29 is 13.2 Å². The molecule has 1 aliphatic rings. The molecule has 1 atom stereocenters. The van der Waals surface area contributed by atoms with E-state index in [-0.39, 0.29) is 39.9 Å². The number of hydrogen-bond acceptors (Lipinski definition) is 4. The van der Waals surface area contributed by atoms with Gasteiger partial charge in [0.2, 0.25) is 15.9 Å². The quantitative estimate of drug-likeness (QED) is 0.784. The lowest BCUT2D eigenvalue weighted by Gasteiger charge is -2.23. The predicted octanol–water partition coefficient (Wildman–Crippen LogP) is 1.48. The number of nitrogens with zero attached hydrogens (tertiary/aromatic N) is 1. The van der Waals surface area contributed by atoms with Crippen molar-refractivity contribution in [1.82, 2.24) is 14.9 Å². The molecule has 1 unspecified atom stereocenters. The summed E-state index contributed by atoms with van der Waals surface area (Å²) in [6.07, 6.45) is 0.984. The Balaban J connectivity index is 1.93. The zero-order valence-corrected chi connectivity index (χ0v) is 15.0. The van der Waals surface area contributed by atoms with Gasteiger partial charge in [0.05, 0.1) is 10.0 Å². The van der Waals surface area contributed by atoms with E-state index in [0.717, 1.165) is 19.5 Å². The summed E-state index contributed by atoms with van der Waals surface area (Å²) in [6, 6.07) is 4.64. The third kappa shape index (κ3) is 4.58. The normalized spacial score (nSPS) is 18.1. The molecule has 0 aromatic heterocycles. The molecule has 1 aliphatic heterocycles. The molecule has 0 saturated carbocycles. The van der Waals surface area contributed by atoms with Crippen molar-refractivity contribution in [2.75, 3.05) is 26.7 Å². The number of hydrogen-bond donors (Lipinski definition) is 2. The first-order chi connectivity index (χ1) is 10.8. The van der Waals surface area contributed by atoms with Crippen LogP contribution in [0.25, 0.3) is 0 Å². The van der Waals surface area contributed by atoms with Crippen LogP contribution in [0.3, 0.4) is 0 Å². The van der Waals surface area contributed by atoms with Crippen LogP contribution in [0.5, 0.6) is 0 Å². The van der Waals surface area contributed by atoms with Gasteiger partial charge in [0.1, 0.15) is 4.90 Å². The van der Waals surface area contributed by atoms with Gasteiger partial charge in [0, 0.05) is 32.6 Å². The van der Waals surface area contributed by atoms with E-state index in [2.05, 4.69) is 10.0 Å². The molecule has 6 nitrogen and oxygen atoms in total. The number of sulfonamides is 1. The minimum absolute atomic E-state index is 0.00674. The Bertz CT molecular complexity index is 656. The number of carbonyl (C=O) groups is 1. The number of benzene rings is 1. The second-order valence-corrected chi connectivity index (χ2v) is 7.87. The summed E-state index contributed by atoms with van der Waals surface area (Å²) in [6.45, 7) is 1.65. The van der Waals surface area contributed by atoms with Crippen molar-refractivity contribution in [3.8, 4) is 0 Å². The summed E-state index contributed by atoms with van der Waals surface area (Å²) >= 11 is 11.8. The largest absolute Gasteiger partial charge is 0.341 e. The van der Waals surface area contributed by atoms with E-state index < -0.39 is 10.0 Å². The second kappa shape index (κ2) is 7.81. The summed E-state index contributed by atoms with van der Waals surface area (Å²) in [5.41, 5.74) is 0. The maximum absolute atomic E-state index is 12.3. The van der Waals surface area contributed by atoms with Gasteiger partial charge < -0.3 is 10.2 Å². The first-order valence-electron chi connectivity index (χ1n) is 7.23. The zero-order valence-electron chi connectivity index (χ0n) is 12.7. The Labute approximate surface area is 146 Å². The Kier molecular flexibility index (Phi) is 6.27. The lowest BCUT2D eigenvalue weighted by atomic mass is 10.2. The van der Waals surface area contributed by atoms with Gasteiger partial charge in [-0.2, -0.15) is 0 Å². The monoisotopic (exact) mass is 379 g/mol. The van der Waals surface area contributed by atoms with Crippen molar-refractivity contribution in [2.24, 2.45) is 0 Å². The highest BCUT2D eigenvalue weighted by atomic mass is 35.5. The molecular formula is C14H19Cl2N3O3S. The summed E-state index contributed by atoms with van der Waals surface area (Å²) < 4.78 is 26.9. The molecule has 2 rings (SSSR count). The SMILES string of the molecule is CN(C(=O)CCNS(=O)(=O)c1c(Cl)cccc1Cl)C1CCNC1. The fraction of sp³-hybridized carbons (Fsp3) is 0.500. The van der Waals surface area contributed by atoms with Crippen LogP contribution in [0.1, 0.15) is 12.8 Å². The van der Waals surface area contributed by atoms with Crippen molar-refractivity contribution in [3.63, 3.8) is 0 Å². The molecule has 1 amide bonds. The van der Waals surface area contributed by atoms with Crippen LogP contribution in [0.2, 0.25) is 10.0 Å². The molecule has 1 heterocycles. The molecule has 0 bridgehead atoms. The lowest BCUT2D eigenvalue weighted by Crippen LogP contribution is -2.40. The van der Waals surface area contributed by atoms with Crippen LogP contribution < -0.4 is 10.0 Å². The molecule has 1 fully saturated rings. The first-order valence-corrected chi connectivity index (χ1v) is 9.47. The standard InChI is InChI=1S/C14H19Cl2N3O3S/c1-19(10-5-7-17-9-10)13(20)6-8-18-23(21,22)14-11(15)3-2-4-12(14)16/h2-4,10,17-18H,5-9H2,1H3. The second-order valence-electron chi connectivity index (χ2n) is 5.35. The Morgan fingerprint density at radius 3 is 2.61 bits per heavy atom. The molecule has 128 valence electrons. The van der Waals surface area contributed by atoms with Crippen LogP contribution >= 0.6 is 23.2 Å². The lowest BCUT2D eigenvalue weighted by molar-refractivity contribution is -0.131. The van der Waals surface area contributed by atoms with E-state index in [1.807, 2.05) is 0 Å². The maximum Gasteiger partial charge on any atom is 0.243 e. The minimum Gasteiger partial charge on any atom is -0.341 e. The molecule has 1 saturated heterocycles. The van der Waals surface area contributed by atoms with Gasteiger partial charge >= 0.3 is 0 Å². The highest BCUT2D eigenvalue weighted by Crippen LogP contribution is 2.28. The smallest absolute Gasteiger partial charge is 0.243 e. The van der Waals surface area contributed by atoms with Crippen LogP contribution in [0, 0.1) is 0 Å². The molecule has 23 heavy (non-hydrogen) atoms. The van der Waals surface area contributed by atoms with E-state index in [1.54, 1.807) is 18.0 Å². The first kappa shape index (κ1) is 18.5. The molecule has 9 heteroatoms. The maximum atomic E-state index is 12.3.